The molecule has 0 aliphatic rings. The van der Waals surface area contributed by atoms with Crippen LogP contribution in [0.3, 0.4) is 0 Å². The van der Waals surface area contributed by atoms with Gasteiger partial charge in [0.2, 0.25) is 0 Å². The molecule has 0 spiro atoms. The van der Waals surface area contributed by atoms with Crippen molar-refractivity contribution >= 4 is 40.9 Å². The van der Waals surface area contributed by atoms with Crippen LogP contribution in [0.4, 0.5) is 5.69 Å². The van der Waals surface area contributed by atoms with Crippen molar-refractivity contribution in [1.29, 1.82) is 5.26 Å². The lowest BCUT2D eigenvalue weighted by atomic mass is 10.0. The Morgan fingerprint density at radius 3 is 2.36 bits per heavy atom. The van der Waals surface area contributed by atoms with Gasteiger partial charge in [-0.25, -0.2) is 0 Å². The molecule has 1 amide bonds. The summed E-state index contributed by atoms with van der Waals surface area (Å²) in [7, 11) is 0. The van der Waals surface area contributed by atoms with Gasteiger partial charge in [0.25, 0.3) is 5.91 Å². The Hall–Kier alpha value is -3.26. The molecule has 0 atom stereocenters. The Labute approximate surface area is 204 Å². The van der Waals surface area contributed by atoms with E-state index in [-0.39, 0.29) is 5.57 Å². The molecule has 0 bridgehead atoms. The van der Waals surface area contributed by atoms with Crippen molar-refractivity contribution in [3.05, 3.63) is 97.5 Å². The highest BCUT2D eigenvalue weighted by atomic mass is 35.5. The number of rotatable bonds is 6. The molecule has 0 aromatic heterocycles. The second-order valence-corrected chi connectivity index (χ2v) is 8.72. The van der Waals surface area contributed by atoms with Crippen molar-refractivity contribution in [2.45, 2.75) is 34.3 Å². The summed E-state index contributed by atoms with van der Waals surface area (Å²) >= 11 is 12.2. The number of nitrogens with zero attached hydrogens (tertiary/aromatic N) is 1. The molecule has 0 radical (unpaired) electrons. The van der Waals surface area contributed by atoms with E-state index in [1.807, 2.05) is 70.2 Å². The maximum absolute atomic E-state index is 12.7. The minimum atomic E-state index is -0.445. The Balaban J connectivity index is 1.80. The average molecular weight is 479 g/mol. The highest BCUT2D eigenvalue weighted by molar-refractivity contribution is 6.35. The fourth-order valence-electron chi connectivity index (χ4n) is 3.47. The number of hydrogen-bond acceptors (Lipinski definition) is 3. The number of carbonyl (C=O) groups excluding carboxylic acids is 1. The van der Waals surface area contributed by atoms with Crippen molar-refractivity contribution in [3.63, 3.8) is 0 Å². The number of hydrogen-bond donors (Lipinski definition) is 1. The first-order chi connectivity index (χ1) is 15.7. The lowest BCUT2D eigenvalue weighted by molar-refractivity contribution is -0.112. The van der Waals surface area contributed by atoms with Gasteiger partial charge in [0, 0.05) is 21.3 Å². The van der Waals surface area contributed by atoms with Gasteiger partial charge in [0.15, 0.2) is 0 Å². The largest absolute Gasteiger partial charge is 0.488 e. The minimum absolute atomic E-state index is 0.0244. The lowest BCUT2D eigenvalue weighted by Crippen LogP contribution is -2.14. The highest BCUT2D eigenvalue weighted by Crippen LogP contribution is 2.29. The van der Waals surface area contributed by atoms with Crippen molar-refractivity contribution in [3.8, 4) is 11.8 Å². The molecular weight excluding hydrogens is 455 g/mol. The summed E-state index contributed by atoms with van der Waals surface area (Å²) in [5.74, 6) is 0.288. The van der Waals surface area contributed by atoms with E-state index < -0.39 is 5.91 Å². The van der Waals surface area contributed by atoms with Gasteiger partial charge in [-0.05, 0) is 91.9 Å². The molecule has 3 aromatic rings. The minimum Gasteiger partial charge on any atom is -0.488 e. The Bertz CT molecular complexity index is 1270. The van der Waals surface area contributed by atoms with Gasteiger partial charge in [-0.1, -0.05) is 41.4 Å². The number of benzene rings is 3. The number of amides is 1. The van der Waals surface area contributed by atoms with Gasteiger partial charge in [0.05, 0.1) is 0 Å². The van der Waals surface area contributed by atoms with E-state index in [0.717, 1.165) is 39.1 Å². The van der Waals surface area contributed by atoms with Gasteiger partial charge < -0.3 is 10.1 Å². The summed E-state index contributed by atoms with van der Waals surface area (Å²) in [6, 6.07) is 16.7. The first kappa shape index (κ1) is 24.4. The van der Waals surface area contributed by atoms with Crippen LogP contribution in [0, 0.1) is 39.0 Å². The molecular formula is C27H24Cl2N2O2. The van der Waals surface area contributed by atoms with E-state index in [2.05, 4.69) is 5.32 Å². The van der Waals surface area contributed by atoms with Crippen LogP contribution >= 0.6 is 23.2 Å². The maximum Gasteiger partial charge on any atom is 0.266 e. The fourth-order valence-corrected chi connectivity index (χ4v) is 3.94. The predicted molar refractivity (Wildman–Crippen MR) is 135 cm³/mol. The number of ether oxygens (including phenoxy) is 1. The second-order valence-electron chi connectivity index (χ2n) is 7.88. The quantitative estimate of drug-likeness (QED) is 0.297. The second kappa shape index (κ2) is 10.6. The summed E-state index contributed by atoms with van der Waals surface area (Å²) in [6.45, 7) is 8.05. The van der Waals surface area contributed by atoms with Crippen LogP contribution < -0.4 is 10.1 Å². The number of carbonyl (C=O) groups is 1. The Morgan fingerprint density at radius 2 is 1.73 bits per heavy atom. The smallest absolute Gasteiger partial charge is 0.266 e. The van der Waals surface area contributed by atoms with Crippen LogP contribution in [0.15, 0.2) is 54.1 Å². The Kier molecular flexibility index (Phi) is 7.81. The molecule has 168 valence electrons. The zero-order chi connectivity index (χ0) is 24.1. The van der Waals surface area contributed by atoms with Gasteiger partial charge >= 0.3 is 0 Å². The summed E-state index contributed by atoms with van der Waals surface area (Å²) in [4.78, 5) is 12.7. The Morgan fingerprint density at radius 1 is 1.03 bits per heavy atom. The fraction of sp³-hybridized carbons (Fsp3) is 0.185. The van der Waals surface area contributed by atoms with Crippen LogP contribution in [0.1, 0.15) is 33.4 Å². The summed E-state index contributed by atoms with van der Waals surface area (Å²) in [6.07, 6.45) is 1.58. The van der Waals surface area contributed by atoms with E-state index in [4.69, 9.17) is 27.9 Å². The number of anilines is 1. The van der Waals surface area contributed by atoms with Gasteiger partial charge in [-0.15, -0.1) is 0 Å². The molecule has 3 aromatic carbocycles. The monoisotopic (exact) mass is 478 g/mol. The standard InChI is InChI=1S/C27H24Cl2N2O2/c1-16-6-5-7-25(19(16)4)31-27(32)22(14-30)12-20-10-17(2)26(18(3)11-20)33-15-21-8-9-23(28)13-24(21)29/h5-13H,15H2,1-4H3,(H,31,32)/b22-12+. The molecule has 3 rings (SSSR count). The number of aryl methyl sites for hydroxylation is 3. The molecule has 6 heteroatoms. The summed E-state index contributed by atoms with van der Waals surface area (Å²) in [5, 5.41) is 13.5. The van der Waals surface area contributed by atoms with Gasteiger partial charge in [-0.2, -0.15) is 5.26 Å². The van der Waals surface area contributed by atoms with Gasteiger partial charge in [-0.3, -0.25) is 4.79 Å². The molecule has 0 aliphatic heterocycles. The van der Waals surface area contributed by atoms with Crippen LogP contribution in [0.25, 0.3) is 6.08 Å². The topological polar surface area (TPSA) is 62.1 Å². The first-order valence-electron chi connectivity index (χ1n) is 10.4. The third kappa shape index (κ3) is 5.96. The van der Waals surface area contributed by atoms with E-state index in [1.54, 1.807) is 18.2 Å². The molecule has 0 heterocycles. The zero-order valence-corrected chi connectivity index (χ0v) is 20.4. The van der Waals surface area contributed by atoms with Gasteiger partial charge in [0.1, 0.15) is 24.0 Å². The van der Waals surface area contributed by atoms with E-state index in [1.165, 1.54) is 0 Å². The maximum atomic E-state index is 12.7. The van der Waals surface area contributed by atoms with Crippen LogP contribution in [-0.4, -0.2) is 5.91 Å². The third-order valence-electron chi connectivity index (χ3n) is 5.40. The van der Waals surface area contributed by atoms with E-state index >= 15 is 0 Å². The van der Waals surface area contributed by atoms with Crippen LogP contribution in [0.5, 0.6) is 5.75 Å². The molecule has 0 unspecified atom stereocenters. The predicted octanol–water partition coefficient (Wildman–Crippen LogP) is 7.35. The zero-order valence-electron chi connectivity index (χ0n) is 18.9. The lowest BCUT2D eigenvalue weighted by Gasteiger charge is -2.14. The average Bonchev–Trinajstić information content (AvgIpc) is 2.75. The van der Waals surface area contributed by atoms with Crippen LogP contribution in [0.2, 0.25) is 10.0 Å². The highest BCUT2D eigenvalue weighted by Gasteiger charge is 2.13. The van der Waals surface area contributed by atoms with Crippen LogP contribution in [-0.2, 0) is 11.4 Å². The number of nitriles is 1. The van der Waals surface area contributed by atoms with Crippen molar-refractivity contribution < 1.29 is 9.53 Å². The molecule has 0 aliphatic carbocycles. The number of nitrogens with one attached hydrogen (secondary N) is 1. The molecule has 0 fully saturated rings. The molecule has 1 N–H and O–H groups in total. The van der Waals surface area contributed by atoms with Crippen molar-refractivity contribution in [2.75, 3.05) is 5.32 Å². The molecule has 33 heavy (non-hydrogen) atoms. The SMILES string of the molecule is Cc1cccc(NC(=O)/C(C#N)=C/c2cc(C)c(OCc3ccc(Cl)cc3Cl)c(C)c2)c1C. The molecule has 0 saturated carbocycles. The van der Waals surface area contributed by atoms with Crippen molar-refractivity contribution in [1.82, 2.24) is 0 Å². The van der Waals surface area contributed by atoms with E-state index in [9.17, 15) is 10.1 Å². The van der Waals surface area contributed by atoms with Crippen molar-refractivity contribution in [2.24, 2.45) is 0 Å². The summed E-state index contributed by atoms with van der Waals surface area (Å²) < 4.78 is 6.02. The third-order valence-corrected chi connectivity index (χ3v) is 5.99. The first-order valence-corrected chi connectivity index (χ1v) is 11.1. The summed E-state index contributed by atoms with van der Waals surface area (Å²) in [5.41, 5.74) is 6.11. The molecule has 0 saturated heterocycles. The van der Waals surface area contributed by atoms with E-state index in [0.29, 0.717) is 22.3 Å². The number of halogens is 2. The molecule has 4 nitrogen and oxygen atoms in total. The normalized spacial score (nSPS) is 11.1.